The molecule has 1 aliphatic rings. The summed E-state index contributed by atoms with van der Waals surface area (Å²) in [6.45, 7) is 2.00. The summed E-state index contributed by atoms with van der Waals surface area (Å²) >= 11 is 0. The molecule has 6 nitrogen and oxygen atoms in total. The lowest BCUT2D eigenvalue weighted by Gasteiger charge is -2.32. The molecule has 0 atom stereocenters. The number of anilines is 1. The van der Waals surface area contributed by atoms with E-state index >= 15 is 0 Å². The number of pyridine rings is 1. The van der Waals surface area contributed by atoms with Crippen LogP contribution in [0.4, 0.5) is 5.69 Å². The number of hydrogen-bond donors (Lipinski definition) is 1. The van der Waals surface area contributed by atoms with Crippen molar-refractivity contribution in [2.45, 2.75) is 25.4 Å². The topological polar surface area (TPSA) is 67.5 Å². The minimum Gasteiger partial charge on any atom is -0.465 e. The van der Waals surface area contributed by atoms with E-state index in [0.29, 0.717) is 18.1 Å². The Morgan fingerprint density at radius 2 is 2.12 bits per heavy atom. The van der Waals surface area contributed by atoms with Crippen LogP contribution in [0.2, 0.25) is 0 Å². The Hall–Kier alpha value is -2.34. The van der Waals surface area contributed by atoms with Crippen LogP contribution in [-0.4, -0.2) is 49.4 Å². The Kier molecular flexibility index (Phi) is 5.15. The Labute approximate surface area is 141 Å². The van der Waals surface area contributed by atoms with E-state index in [9.17, 15) is 4.79 Å². The first-order valence-corrected chi connectivity index (χ1v) is 8.18. The molecule has 1 fully saturated rings. The van der Waals surface area contributed by atoms with Crippen LogP contribution in [-0.2, 0) is 15.9 Å². The van der Waals surface area contributed by atoms with E-state index in [-0.39, 0.29) is 5.97 Å². The molecule has 0 saturated carbocycles. The van der Waals surface area contributed by atoms with Gasteiger partial charge in [0.2, 0.25) is 0 Å². The number of hydrogen-bond acceptors (Lipinski definition) is 5. The lowest BCUT2D eigenvalue weighted by molar-refractivity contribution is 0.0601. The molecule has 0 spiro atoms. The highest BCUT2D eigenvalue weighted by Crippen LogP contribution is 2.21. The van der Waals surface area contributed by atoms with Crippen molar-refractivity contribution in [2.24, 2.45) is 0 Å². The summed E-state index contributed by atoms with van der Waals surface area (Å²) in [4.78, 5) is 21.5. The number of aromatic amines is 1. The van der Waals surface area contributed by atoms with Crippen molar-refractivity contribution in [1.82, 2.24) is 9.97 Å². The number of nitrogens with zero attached hydrogens (tertiary/aromatic N) is 2. The maximum atomic E-state index is 11.5. The van der Waals surface area contributed by atoms with E-state index in [1.165, 1.54) is 7.11 Å². The summed E-state index contributed by atoms with van der Waals surface area (Å²) < 4.78 is 10.1. The minimum atomic E-state index is -0.333. The third-order valence-electron chi connectivity index (χ3n) is 4.49. The number of methoxy groups -OCH3 is 2. The molecule has 3 rings (SSSR count). The third-order valence-corrected chi connectivity index (χ3v) is 4.49. The second kappa shape index (κ2) is 7.49. The monoisotopic (exact) mass is 329 g/mol. The standard InChI is InChI=1S/C18H23N3O3/c1-23-17-5-7-21(8-6-17)16-4-3-14(20-12-16)10-15-9-13(11-19-15)18(22)24-2/h3-4,9,11-12,17,19H,5-8,10H2,1-2H3. The summed E-state index contributed by atoms with van der Waals surface area (Å²) in [5, 5.41) is 0. The third kappa shape index (κ3) is 3.76. The summed E-state index contributed by atoms with van der Waals surface area (Å²) in [5.74, 6) is -0.333. The lowest BCUT2D eigenvalue weighted by atomic mass is 10.1. The van der Waals surface area contributed by atoms with Crippen LogP contribution in [0.1, 0.15) is 34.6 Å². The number of aromatic nitrogens is 2. The first-order valence-electron chi connectivity index (χ1n) is 8.18. The molecule has 6 heteroatoms. The van der Waals surface area contributed by atoms with Gasteiger partial charge in [-0.05, 0) is 31.0 Å². The van der Waals surface area contributed by atoms with Gasteiger partial charge in [-0.25, -0.2) is 4.79 Å². The van der Waals surface area contributed by atoms with Crippen molar-refractivity contribution in [1.29, 1.82) is 0 Å². The van der Waals surface area contributed by atoms with Gasteiger partial charge in [0.1, 0.15) is 0 Å². The maximum Gasteiger partial charge on any atom is 0.339 e. The molecule has 1 N–H and O–H groups in total. The molecule has 0 bridgehead atoms. The first kappa shape index (κ1) is 16.5. The van der Waals surface area contributed by atoms with Crippen molar-refractivity contribution in [2.75, 3.05) is 32.2 Å². The smallest absolute Gasteiger partial charge is 0.339 e. The van der Waals surface area contributed by atoms with Gasteiger partial charge in [0.05, 0.1) is 30.7 Å². The summed E-state index contributed by atoms with van der Waals surface area (Å²) in [5.41, 5.74) is 3.58. The normalized spacial score (nSPS) is 15.5. The number of piperidine rings is 1. The summed E-state index contributed by atoms with van der Waals surface area (Å²) in [6.07, 6.45) is 6.73. The molecule has 2 aromatic heterocycles. The molecule has 1 saturated heterocycles. The number of carbonyl (C=O) groups excluding carboxylic acids is 1. The second-order valence-corrected chi connectivity index (χ2v) is 6.01. The van der Waals surface area contributed by atoms with Crippen LogP contribution in [0, 0.1) is 0 Å². The highest BCUT2D eigenvalue weighted by Gasteiger charge is 2.19. The number of ether oxygens (including phenoxy) is 2. The van der Waals surface area contributed by atoms with E-state index in [4.69, 9.17) is 9.47 Å². The molecule has 0 aliphatic carbocycles. The maximum absolute atomic E-state index is 11.5. The molecule has 128 valence electrons. The Morgan fingerprint density at radius 3 is 2.75 bits per heavy atom. The van der Waals surface area contributed by atoms with Gasteiger partial charge in [-0.2, -0.15) is 0 Å². The number of H-pyrrole nitrogens is 1. The summed E-state index contributed by atoms with van der Waals surface area (Å²) in [6, 6.07) is 5.95. The van der Waals surface area contributed by atoms with E-state index in [1.807, 2.05) is 12.3 Å². The Morgan fingerprint density at radius 1 is 1.33 bits per heavy atom. The van der Waals surface area contributed by atoms with Gasteiger partial charge < -0.3 is 19.4 Å². The van der Waals surface area contributed by atoms with Crippen LogP contribution >= 0.6 is 0 Å². The fourth-order valence-corrected chi connectivity index (χ4v) is 3.03. The number of esters is 1. The average Bonchev–Trinajstić information content (AvgIpc) is 3.10. The van der Waals surface area contributed by atoms with Crippen molar-refractivity contribution in [3.63, 3.8) is 0 Å². The molecule has 2 aromatic rings. The molecule has 0 amide bonds. The molecule has 24 heavy (non-hydrogen) atoms. The molecule has 0 aromatic carbocycles. The molecule has 0 radical (unpaired) electrons. The molecule has 3 heterocycles. The number of carbonyl (C=O) groups is 1. The minimum absolute atomic E-state index is 0.333. The van der Waals surface area contributed by atoms with Gasteiger partial charge in [0.25, 0.3) is 0 Å². The Balaban J connectivity index is 1.60. The number of rotatable bonds is 5. The van der Waals surface area contributed by atoms with Gasteiger partial charge in [-0.15, -0.1) is 0 Å². The first-order chi connectivity index (χ1) is 11.7. The quantitative estimate of drug-likeness (QED) is 0.853. The van der Waals surface area contributed by atoms with E-state index < -0.39 is 0 Å². The van der Waals surface area contributed by atoms with Gasteiger partial charge in [0.15, 0.2) is 0 Å². The molecular weight excluding hydrogens is 306 g/mol. The van der Waals surface area contributed by atoms with Crippen molar-refractivity contribution in [3.8, 4) is 0 Å². The van der Waals surface area contributed by atoms with E-state index in [0.717, 1.165) is 43.0 Å². The second-order valence-electron chi connectivity index (χ2n) is 6.01. The van der Waals surface area contributed by atoms with Crippen LogP contribution < -0.4 is 4.90 Å². The number of nitrogens with one attached hydrogen (secondary N) is 1. The van der Waals surface area contributed by atoms with Crippen molar-refractivity contribution >= 4 is 11.7 Å². The lowest BCUT2D eigenvalue weighted by Crippen LogP contribution is -2.36. The van der Waals surface area contributed by atoms with E-state index in [1.54, 1.807) is 19.4 Å². The molecule has 0 unspecified atom stereocenters. The zero-order valence-electron chi connectivity index (χ0n) is 14.1. The van der Waals surface area contributed by atoms with Gasteiger partial charge in [-0.3, -0.25) is 4.98 Å². The highest BCUT2D eigenvalue weighted by molar-refractivity contribution is 5.89. The zero-order chi connectivity index (χ0) is 16.9. The van der Waals surface area contributed by atoms with Gasteiger partial charge in [0, 0.05) is 44.2 Å². The van der Waals surface area contributed by atoms with Crippen LogP contribution in [0.15, 0.2) is 30.6 Å². The SMILES string of the molecule is COC(=O)c1c[nH]c(Cc2ccc(N3CCC(OC)CC3)cn2)c1. The predicted octanol–water partition coefficient (Wildman–Crippen LogP) is 2.40. The van der Waals surface area contributed by atoms with Gasteiger partial charge >= 0.3 is 5.97 Å². The molecular formula is C18H23N3O3. The van der Waals surface area contributed by atoms with Gasteiger partial charge in [-0.1, -0.05) is 0 Å². The predicted molar refractivity (Wildman–Crippen MR) is 91.4 cm³/mol. The average molecular weight is 329 g/mol. The summed E-state index contributed by atoms with van der Waals surface area (Å²) in [7, 11) is 3.16. The highest BCUT2D eigenvalue weighted by atomic mass is 16.5. The van der Waals surface area contributed by atoms with Crippen LogP contribution in [0.25, 0.3) is 0 Å². The fraction of sp³-hybridized carbons (Fsp3) is 0.444. The van der Waals surface area contributed by atoms with Crippen LogP contribution in [0.3, 0.4) is 0 Å². The fourth-order valence-electron chi connectivity index (χ4n) is 3.03. The van der Waals surface area contributed by atoms with E-state index in [2.05, 4.69) is 20.9 Å². The largest absolute Gasteiger partial charge is 0.465 e. The van der Waals surface area contributed by atoms with Crippen molar-refractivity contribution in [3.05, 3.63) is 47.5 Å². The Bertz CT molecular complexity index is 673. The zero-order valence-corrected chi connectivity index (χ0v) is 14.1. The van der Waals surface area contributed by atoms with Crippen molar-refractivity contribution < 1.29 is 14.3 Å². The molecule has 1 aliphatic heterocycles. The van der Waals surface area contributed by atoms with Crippen LogP contribution in [0.5, 0.6) is 0 Å².